The van der Waals surface area contributed by atoms with Crippen molar-refractivity contribution in [3.05, 3.63) is 18.2 Å². The van der Waals surface area contributed by atoms with Crippen molar-refractivity contribution in [2.45, 2.75) is 57.6 Å². The molecule has 1 aromatic rings. The average molecular weight is 398 g/mol. The van der Waals surface area contributed by atoms with Crippen LogP contribution in [0.15, 0.2) is 23.1 Å². The summed E-state index contributed by atoms with van der Waals surface area (Å²) in [6.07, 6.45) is 0.505. The molecule has 9 heteroatoms. The number of nitrogens with zero attached hydrogens (tertiary/aromatic N) is 1. The minimum Gasteiger partial charge on any atom is -0.484 e. The second-order valence-electron chi connectivity index (χ2n) is 7.42. The number of anilines is 1. The Balaban J connectivity index is 2.44. The van der Waals surface area contributed by atoms with Gasteiger partial charge in [0, 0.05) is 6.92 Å². The first-order valence-electron chi connectivity index (χ1n) is 8.74. The van der Waals surface area contributed by atoms with Crippen molar-refractivity contribution >= 4 is 27.6 Å². The molecule has 0 radical (unpaired) electrons. The van der Waals surface area contributed by atoms with Crippen molar-refractivity contribution in [2.75, 3.05) is 11.4 Å². The van der Waals surface area contributed by atoms with Gasteiger partial charge in [-0.25, -0.2) is 8.42 Å². The van der Waals surface area contributed by atoms with Crippen molar-refractivity contribution in [2.24, 2.45) is 5.92 Å². The third kappa shape index (κ3) is 4.59. The number of carboxylic acids is 1. The van der Waals surface area contributed by atoms with Crippen molar-refractivity contribution in [1.29, 1.82) is 0 Å². The van der Waals surface area contributed by atoms with Gasteiger partial charge in [0.15, 0.2) is 0 Å². The van der Waals surface area contributed by atoms with Gasteiger partial charge in [-0.3, -0.25) is 9.59 Å². The summed E-state index contributed by atoms with van der Waals surface area (Å²) in [6.45, 7) is 8.80. The standard InChI is InChI=1S/C18H26N2O6S/c1-6-11(2)16(17(22)23)19-27(24,25)13-7-8-15-14(9-13)20(12(3)21)10-18(4,5)26-15/h7-9,11,16,19H,6,10H2,1-5H3,(H,22,23). The Morgan fingerprint density at radius 1 is 1.37 bits per heavy atom. The van der Waals surface area contributed by atoms with Crippen LogP contribution in [-0.2, 0) is 19.6 Å². The number of nitrogens with one attached hydrogen (secondary N) is 1. The highest BCUT2D eigenvalue weighted by Gasteiger charge is 2.35. The number of carboxylic acid groups (broad SMARTS) is 1. The van der Waals surface area contributed by atoms with Crippen LogP contribution in [0.2, 0.25) is 0 Å². The van der Waals surface area contributed by atoms with Crippen LogP contribution < -0.4 is 14.4 Å². The molecule has 1 amide bonds. The molecule has 2 atom stereocenters. The minimum atomic E-state index is -4.10. The summed E-state index contributed by atoms with van der Waals surface area (Å²) < 4.78 is 33.6. The van der Waals surface area contributed by atoms with E-state index >= 15 is 0 Å². The fourth-order valence-electron chi connectivity index (χ4n) is 2.92. The maximum atomic E-state index is 12.7. The van der Waals surface area contributed by atoms with Crippen LogP contribution in [0, 0.1) is 5.92 Å². The molecule has 0 bridgehead atoms. The van der Waals surface area contributed by atoms with Gasteiger partial charge in [-0.05, 0) is 38.0 Å². The van der Waals surface area contributed by atoms with Gasteiger partial charge in [0.05, 0.1) is 17.1 Å². The molecule has 2 N–H and O–H groups in total. The van der Waals surface area contributed by atoms with Crippen LogP contribution in [0.3, 0.4) is 0 Å². The predicted octanol–water partition coefficient (Wildman–Crippen LogP) is 1.99. The lowest BCUT2D eigenvalue weighted by atomic mass is 10.0. The number of aliphatic carboxylic acids is 1. The summed E-state index contributed by atoms with van der Waals surface area (Å²) in [5, 5.41) is 9.35. The summed E-state index contributed by atoms with van der Waals surface area (Å²) in [4.78, 5) is 24.8. The first-order chi connectivity index (χ1) is 12.4. The number of benzene rings is 1. The number of ether oxygens (including phenoxy) is 1. The van der Waals surface area contributed by atoms with Gasteiger partial charge in [0.1, 0.15) is 17.4 Å². The molecule has 150 valence electrons. The first-order valence-corrected chi connectivity index (χ1v) is 10.2. The monoisotopic (exact) mass is 398 g/mol. The maximum Gasteiger partial charge on any atom is 0.322 e. The lowest BCUT2D eigenvalue weighted by molar-refractivity contribution is -0.140. The van der Waals surface area contributed by atoms with Crippen LogP contribution in [0.4, 0.5) is 5.69 Å². The Hall–Kier alpha value is -2.13. The van der Waals surface area contributed by atoms with E-state index in [1.165, 1.54) is 30.0 Å². The number of carbonyl (C=O) groups excluding carboxylic acids is 1. The Morgan fingerprint density at radius 3 is 2.52 bits per heavy atom. The highest BCUT2D eigenvalue weighted by atomic mass is 32.2. The van der Waals surface area contributed by atoms with Crippen LogP contribution in [0.25, 0.3) is 0 Å². The zero-order valence-corrected chi connectivity index (χ0v) is 17.0. The van der Waals surface area contributed by atoms with Crippen LogP contribution in [0.5, 0.6) is 5.75 Å². The molecule has 2 unspecified atom stereocenters. The van der Waals surface area contributed by atoms with Gasteiger partial charge in [0.2, 0.25) is 15.9 Å². The Bertz CT molecular complexity index is 849. The Labute approximate surface area is 159 Å². The molecule has 0 aliphatic carbocycles. The molecule has 0 aromatic heterocycles. The van der Waals surface area contributed by atoms with Gasteiger partial charge in [0.25, 0.3) is 0 Å². The van der Waals surface area contributed by atoms with Crippen LogP contribution in [-0.4, -0.2) is 43.6 Å². The molecule has 0 spiro atoms. The van der Waals surface area contributed by atoms with Crippen LogP contribution >= 0.6 is 0 Å². The zero-order chi connectivity index (χ0) is 20.6. The summed E-state index contributed by atoms with van der Waals surface area (Å²) in [7, 11) is -4.10. The number of amides is 1. The first kappa shape index (κ1) is 21.2. The predicted molar refractivity (Wildman–Crippen MR) is 100 cm³/mol. The summed E-state index contributed by atoms with van der Waals surface area (Å²) >= 11 is 0. The van der Waals surface area contributed by atoms with Gasteiger partial charge in [-0.15, -0.1) is 0 Å². The van der Waals surface area contributed by atoms with E-state index in [1.807, 2.05) is 13.8 Å². The Kier molecular flexibility index (Phi) is 5.86. The van der Waals surface area contributed by atoms with E-state index < -0.39 is 27.6 Å². The molecular formula is C18H26N2O6S. The van der Waals surface area contributed by atoms with Gasteiger partial charge >= 0.3 is 5.97 Å². The van der Waals surface area contributed by atoms with Gasteiger partial charge in [-0.1, -0.05) is 20.3 Å². The van der Waals surface area contributed by atoms with E-state index in [4.69, 9.17) is 4.74 Å². The summed E-state index contributed by atoms with van der Waals surface area (Å²) in [6, 6.07) is 2.93. The minimum absolute atomic E-state index is 0.120. The molecule has 1 aliphatic rings. The molecule has 8 nitrogen and oxygen atoms in total. The van der Waals surface area contributed by atoms with E-state index in [0.29, 0.717) is 17.9 Å². The van der Waals surface area contributed by atoms with E-state index in [-0.39, 0.29) is 23.3 Å². The molecule has 27 heavy (non-hydrogen) atoms. The summed E-state index contributed by atoms with van der Waals surface area (Å²) in [5.74, 6) is -1.45. The highest BCUT2D eigenvalue weighted by Crippen LogP contribution is 2.38. The topological polar surface area (TPSA) is 113 Å². The molecule has 0 fully saturated rings. The number of carbonyl (C=O) groups is 2. The number of rotatable bonds is 6. The summed E-state index contributed by atoms with van der Waals surface area (Å²) in [5.41, 5.74) is -0.262. The fourth-order valence-corrected chi connectivity index (χ4v) is 4.24. The van der Waals surface area contributed by atoms with Crippen molar-refractivity contribution in [3.8, 4) is 5.75 Å². The second-order valence-corrected chi connectivity index (χ2v) is 9.13. The third-order valence-electron chi connectivity index (χ3n) is 4.60. The van der Waals surface area contributed by atoms with E-state index in [2.05, 4.69) is 4.72 Å². The number of fused-ring (bicyclic) bond motifs is 1. The third-order valence-corrected chi connectivity index (χ3v) is 6.04. The van der Waals surface area contributed by atoms with Crippen molar-refractivity contribution in [3.63, 3.8) is 0 Å². The smallest absolute Gasteiger partial charge is 0.322 e. The number of hydrogen-bond donors (Lipinski definition) is 2. The quantitative estimate of drug-likeness (QED) is 0.758. The van der Waals surface area contributed by atoms with Crippen molar-refractivity contribution < 1.29 is 27.9 Å². The van der Waals surface area contributed by atoms with Crippen molar-refractivity contribution in [1.82, 2.24) is 4.72 Å². The van der Waals surface area contributed by atoms with Gasteiger partial charge in [-0.2, -0.15) is 4.72 Å². The number of sulfonamides is 1. The lowest BCUT2D eigenvalue weighted by Crippen LogP contribution is -2.49. The normalized spacial score (nSPS) is 18.2. The Morgan fingerprint density at radius 2 is 2.00 bits per heavy atom. The maximum absolute atomic E-state index is 12.7. The molecule has 1 aromatic carbocycles. The molecular weight excluding hydrogens is 372 g/mol. The fraction of sp³-hybridized carbons (Fsp3) is 0.556. The average Bonchev–Trinajstić information content (AvgIpc) is 2.56. The molecule has 1 aliphatic heterocycles. The molecule has 0 saturated carbocycles. The SMILES string of the molecule is CCC(C)C(NS(=O)(=O)c1ccc2c(c1)N(C(C)=O)CC(C)(C)O2)C(=O)O. The zero-order valence-electron chi connectivity index (χ0n) is 16.1. The second kappa shape index (κ2) is 7.47. The van der Waals surface area contributed by atoms with E-state index in [0.717, 1.165) is 0 Å². The largest absolute Gasteiger partial charge is 0.484 e. The van der Waals surface area contributed by atoms with E-state index in [9.17, 15) is 23.1 Å². The highest BCUT2D eigenvalue weighted by molar-refractivity contribution is 7.89. The van der Waals surface area contributed by atoms with Crippen LogP contribution in [0.1, 0.15) is 41.0 Å². The lowest BCUT2D eigenvalue weighted by Gasteiger charge is -2.39. The molecule has 2 rings (SSSR count). The van der Waals surface area contributed by atoms with E-state index in [1.54, 1.807) is 13.8 Å². The van der Waals surface area contributed by atoms with Gasteiger partial charge < -0.3 is 14.7 Å². The number of hydrogen-bond acceptors (Lipinski definition) is 5. The molecule has 1 heterocycles. The molecule has 0 saturated heterocycles.